The Morgan fingerprint density at radius 2 is 1.54 bits per heavy atom. The van der Waals surface area contributed by atoms with E-state index in [9.17, 15) is 14.4 Å². The van der Waals surface area contributed by atoms with Crippen LogP contribution in [0.5, 0.6) is 0 Å². The van der Waals surface area contributed by atoms with Crippen LogP contribution < -0.4 is 5.32 Å². The lowest BCUT2D eigenvalue weighted by atomic mass is 9.81. The van der Waals surface area contributed by atoms with Crippen LogP contribution in [0.3, 0.4) is 0 Å². The van der Waals surface area contributed by atoms with Crippen LogP contribution in [0.1, 0.15) is 55.6 Å². The van der Waals surface area contributed by atoms with E-state index in [0.29, 0.717) is 19.5 Å². The van der Waals surface area contributed by atoms with Gasteiger partial charge in [-0.25, -0.2) is 4.79 Å². The highest BCUT2D eigenvalue weighted by molar-refractivity contribution is 5.79. The molecule has 7 heteroatoms. The summed E-state index contributed by atoms with van der Waals surface area (Å²) in [6.07, 6.45) is 3.86. The Labute approximate surface area is 205 Å². The number of likely N-dealkylation sites (tertiary alicyclic amines) is 1. The lowest BCUT2D eigenvalue weighted by Gasteiger charge is -2.40. The van der Waals surface area contributed by atoms with E-state index in [1.807, 2.05) is 24.3 Å². The SMILES string of the molecule is O=C(O)CC1CN(C(=O)C[C@@H]2CCCC[C@@H]2NC(=O)OCC2c3ccccc3-c3ccccc32)C1. The number of carboxylic acid groups (broad SMARTS) is 1. The summed E-state index contributed by atoms with van der Waals surface area (Å²) in [5, 5.41) is 12.0. The maximum Gasteiger partial charge on any atom is 0.407 e. The zero-order valence-electron chi connectivity index (χ0n) is 19.8. The largest absolute Gasteiger partial charge is 0.481 e. The molecule has 35 heavy (non-hydrogen) atoms. The van der Waals surface area contributed by atoms with Gasteiger partial charge in [-0.05, 0) is 41.0 Å². The van der Waals surface area contributed by atoms with Gasteiger partial charge in [0.25, 0.3) is 0 Å². The Bertz CT molecular complexity index is 1060. The molecule has 7 nitrogen and oxygen atoms in total. The van der Waals surface area contributed by atoms with Crippen molar-refractivity contribution in [1.29, 1.82) is 0 Å². The highest BCUT2D eigenvalue weighted by Crippen LogP contribution is 2.44. The van der Waals surface area contributed by atoms with Gasteiger partial charge in [-0.1, -0.05) is 61.4 Å². The highest BCUT2D eigenvalue weighted by Gasteiger charge is 2.36. The molecule has 2 atom stereocenters. The molecular formula is C28H32N2O5. The average molecular weight is 477 g/mol. The standard InChI is InChI=1S/C28H32N2O5/c31-26(30-15-18(16-30)13-27(32)33)14-19-7-1-6-12-25(19)29-28(34)35-17-24-22-10-4-2-8-20(22)21-9-3-5-11-23(21)24/h2-5,8-11,18-19,24-25H,1,6-7,12-17H2,(H,29,34)(H,32,33)/t19-,25-/m0/s1. The van der Waals surface area contributed by atoms with Crippen molar-refractivity contribution in [1.82, 2.24) is 10.2 Å². The fourth-order valence-corrected chi connectivity index (χ4v) is 5.94. The van der Waals surface area contributed by atoms with Gasteiger partial charge < -0.3 is 20.1 Å². The molecule has 5 rings (SSSR count). The summed E-state index contributed by atoms with van der Waals surface area (Å²) in [6.45, 7) is 1.31. The van der Waals surface area contributed by atoms with Crippen molar-refractivity contribution in [2.75, 3.05) is 19.7 Å². The fourth-order valence-electron chi connectivity index (χ4n) is 5.94. The molecule has 0 aromatic heterocycles. The number of nitrogens with one attached hydrogen (secondary N) is 1. The minimum absolute atomic E-state index is 0.0158. The zero-order valence-corrected chi connectivity index (χ0v) is 19.8. The lowest BCUT2D eigenvalue weighted by molar-refractivity contribution is -0.145. The number of ether oxygens (including phenoxy) is 1. The second-order valence-corrected chi connectivity index (χ2v) is 10.1. The number of aliphatic carboxylic acids is 1. The van der Waals surface area contributed by atoms with Crippen LogP contribution in [0.25, 0.3) is 11.1 Å². The predicted molar refractivity (Wildman–Crippen MR) is 131 cm³/mol. The highest BCUT2D eigenvalue weighted by atomic mass is 16.5. The van der Waals surface area contributed by atoms with Gasteiger partial charge >= 0.3 is 12.1 Å². The number of carboxylic acids is 1. The number of carbonyl (C=O) groups is 3. The number of fused-ring (bicyclic) bond motifs is 3. The first-order valence-electron chi connectivity index (χ1n) is 12.6. The molecule has 1 saturated carbocycles. The summed E-state index contributed by atoms with van der Waals surface area (Å²) in [4.78, 5) is 38.1. The summed E-state index contributed by atoms with van der Waals surface area (Å²) in [7, 11) is 0. The molecule has 2 amide bonds. The van der Waals surface area contributed by atoms with Crippen molar-refractivity contribution >= 4 is 18.0 Å². The summed E-state index contributed by atoms with van der Waals surface area (Å²) in [6, 6.07) is 16.4. The third-order valence-corrected chi connectivity index (χ3v) is 7.77. The Hall–Kier alpha value is -3.35. The van der Waals surface area contributed by atoms with Gasteiger partial charge in [-0.3, -0.25) is 9.59 Å². The van der Waals surface area contributed by atoms with E-state index in [-0.39, 0.29) is 42.7 Å². The third-order valence-electron chi connectivity index (χ3n) is 7.77. The molecule has 0 bridgehead atoms. The second kappa shape index (κ2) is 10.1. The Balaban J connectivity index is 1.15. The van der Waals surface area contributed by atoms with Crippen LogP contribution in [0, 0.1) is 11.8 Å². The summed E-state index contributed by atoms with van der Waals surface area (Å²) in [5.41, 5.74) is 4.75. The van der Waals surface area contributed by atoms with Gasteiger partial charge in [0.1, 0.15) is 6.61 Å². The number of hydrogen-bond donors (Lipinski definition) is 2. The van der Waals surface area contributed by atoms with Gasteiger partial charge in [-0.2, -0.15) is 0 Å². The Kier molecular flexibility index (Phi) is 6.75. The number of alkyl carbamates (subject to hydrolysis) is 1. The smallest absolute Gasteiger partial charge is 0.407 e. The molecule has 2 N–H and O–H groups in total. The first-order valence-corrected chi connectivity index (χ1v) is 12.6. The molecule has 1 saturated heterocycles. The number of benzene rings is 2. The molecule has 0 radical (unpaired) electrons. The molecular weight excluding hydrogens is 444 g/mol. The van der Waals surface area contributed by atoms with Crippen LogP contribution in [-0.4, -0.2) is 53.7 Å². The van der Waals surface area contributed by atoms with E-state index >= 15 is 0 Å². The molecule has 0 spiro atoms. The molecule has 2 fully saturated rings. The van der Waals surface area contributed by atoms with Gasteiger partial charge in [0.15, 0.2) is 0 Å². The minimum Gasteiger partial charge on any atom is -0.481 e. The van der Waals surface area contributed by atoms with Crippen LogP contribution in [0.2, 0.25) is 0 Å². The quantitative estimate of drug-likeness (QED) is 0.617. The predicted octanol–water partition coefficient (Wildman–Crippen LogP) is 4.41. The topological polar surface area (TPSA) is 95.9 Å². The molecule has 3 aliphatic rings. The monoisotopic (exact) mass is 476 g/mol. The first-order chi connectivity index (χ1) is 17.0. The third kappa shape index (κ3) is 5.04. The Morgan fingerprint density at radius 1 is 0.914 bits per heavy atom. The minimum atomic E-state index is -0.818. The summed E-state index contributed by atoms with van der Waals surface area (Å²) < 4.78 is 5.73. The zero-order chi connectivity index (χ0) is 24.4. The normalized spacial score (nSPS) is 21.5. The molecule has 2 aliphatic carbocycles. The molecule has 184 valence electrons. The number of amides is 2. The average Bonchev–Trinajstić information content (AvgIpc) is 3.14. The van der Waals surface area contributed by atoms with E-state index in [1.165, 1.54) is 22.3 Å². The molecule has 2 aromatic rings. The van der Waals surface area contributed by atoms with Crippen molar-refractivity contribution in [2.45, 2.75) is 50.5 Å². The first kappa shape index (κ1) is 23.4. The van der Waals surface area contributed by atoms with Gasteiger partial charge in [0.05, 0.1) is 6.42 Å². The maximum atomic E-state index is 12.8. The van der Waals surface area contributed by atoms with E-state index < -0.39 is 12.1 Å². The summed E-state index contributed by atoms with van der Waals surface area (Å²) in [5.74, 6) is -0.616. The maximum absolute atomic E-state index is 12.8. The molecule has 1 aliphatic heterocycles. The summed E-state index contributed by atoms with van der Waals surface area (Å²) >= 11 is 0. The van der Waals surface area contributed by atoms with Crippen molar-refractivity contribution in [3.8, 4) is 11.1 Å². The second-order valence-electron chi connectivity index (χ2n) is 10.1. The van der Waals surface area contributed by atoms with Crippen molar-refractivity contribution in [2.24, 2.45) is 11.8 Å². The van der Waals surface area contributed by atoms with Crippen LogP contribution in [0.4, 0.5) is 4.79 Å². The van der Waals surface area contributed by atoms with E-state index in [4.69, 9.17) is 9.84 Å². The van der Waals surface area contributed by atoms with Gasteiger partial charge in [-0.15, -0.1) is 0 Å². The van der Waals surface area contributed by atoms with Crippen molar-refractivity contribution in [3.63, 3.8) is 0 Å². The molecule has 1 heterocycles. The van der Waals surface area contributed by atoms with E-state index in [2.05, 4.69) is 29.6 Å². The van der Waals surface area contributed by atoms with E-state index in [1.54, 1.807) is 4.90 Å². The number of hydrogen-bond acceptors (Lipinski definition) is 4. The van der Waals surface area contributed by atoms with Gasteiger partial charge in [0.2, 0.25) is 5.91 Å². The van der Waals surface area contributed by atoms with Gasteiger partial charge in [0, 0.05) is 37.4 Å². The number of carbonyl (C=O) groups excluding carboxylic acids is 2. The Morgan fingerprint density at radius 3 is 2.20 bits per heavy atom. The lowest BCUT2D eigenvalue weighted by Crippen LogP contribution is -2.52. The van der Waals surface area contributed by atoms with Crippen LogP contribution >= 0.6 is 0 Å². The molecule has 0 unspecified atom stereocenters. The van der Waals surface area contributed by atoms with Crippen molar-refractivity contribution in [3.05, 3.63) is 59.7 Å². The number of rotatable bonds is 7. The number of nitrogens with zero attached hydrogens (tertiary/aromatic N) is 1. The molecule has 2 aromatic carbocycles. The van der Waals surface area contributed by atoms with E-state index in [0.717, 1.165) is 25.7 Å². The van der Waals surface area contributed by atoms with Crippen molar-refractivity contribution < 1.29 is 24.2 Å². The van der Waals surface area contributed by atoms with Crippen LogP contribution in [0.15, 0.2) is 48.5 Å². The van der Waals surface area contributed by atoms with Crippen LogP contribution in [-0.2, 0) is 14.3 Å². The fraction of sp³-hybridized carbons (Fsp3) is 0.464.